The van der Waals surface area contributed by atoms with E-state index in [0.717, 1.165) is 12.8 Å². The number of fused-ring (bicyclic) bond motifs is 1. The van der Waals surface area contributed by atoms with Crippen molar-refractivity contribution in [3.63, 3.8) is 0 Å². The van der Waals surface area contributed by atoms with E-state index in [9.17, 15) is 4.79 Å². The number of nitrogens with two attached hydrogens (primary N) is 1. The summed E-state index contributed by atoms with van der Waals surface area (Å²) < 4.78 is 1.52. The number of nitrogens with zero attached hydrogens (tertiary/aromatic N) is 2. The van der Waals surface area contributed by atoms with Gasteiger partial charge in [0.15, 0.2) is 0 Å². The third kappa shape index (κ3) is 2.38. The van der Waals surface area contributed by atoms with Crippen LogP contribution < -0.4 is 11.3 Å². The van der Waals surface area contributed by atoms with Gasteiger partial charge in [0.1, 0.15) is 0 Å². The van der Waals surface area contributed by atoms with Gasteiger partial charge in [-0.25, -0.2) is 4.68 Å². The van der Waals surface area contributed by atoms with Crippen molar-refractivity contribution < 1.29 is 0 Å². The largest absolute Gasteiger partial charge is 0.397 e. The highest BCUT2D eigenvalue weighted by molar-refractivity contribution is 5.33. The Morgan fingerprint density at radius 3 is 3.05 bits per heavy atom. The molecule has 0 bridgehead atoms. The van der Waals surface area contributed by atoms with Gasteiger partial charge in [0.2, 0.25) is 0 Å². The summed E-state index contributed by atoms with van der Waals surface area (Å²) in [4.78, 5) is 11.8. The van der Waals surface area contributed by atoms with E-state index in [1.54, 1.807) is 0 Å². The minimum absolute atomic E-state index is 0.122. The predicted molar refractivity (Wildman–Crippen MR) is 75.0 cm³/mol. The summed E-state index contributed by atoms with van der Waals surface area (Å²) in [7, 11) is 0. The molecule has 1 aromatic carbocycles. The topological polar surface area (TPSA) is 60.9 Å². The van der Waals surface area contributed by atoms with E-state index in [4.69, 9.17) is 5.73 Å². The van der Waals surface area contributed by atoms with Crippen LogP contribution in [0.3, 0.4) is 0 Å². The van der Waals surface area contributed by atoms with Crippen LogP contribution in [0.5, 0.6) is 0 Å². The monoisotopic (exact) mass is 255 g/mol. The molecule has 1 heterocycles. The molecule has 2 aromatic rings. The molecule has 4 heteroatoms. The van der Waals surface area contributed by atoms with E-state index in [0.29, 0.717) is 18.2 Å². The van der Waals surface area contributed by atoms with Gasteiger partial charge in [0.05, 0.1) is 18.4 Å². The molecule has 3 rings (SSSR count). The Balaban J connectivity index is 1.90. The lowest BCUT2D eigenvalue weighted by atomic mass is 9.83. The second-order valence-corrected chi connectivity index (χ2v) is 5.10. The van der Waals surface area contributed by atoms with E-state index in [1.165, 1.54) is 34.5 Å². The third-order valence-electron chi connectivity index (χ3n) is 3.78. The first-order valence-electron chi connectivity index (χ1n) is 6.64. The number of benzene rings is 1. The molecule has 1 unspecified atom stereocenters. The van der Waals surface area contributed by atoms with Crippen molar-refractivity contribution in [1.29, 1.82) is 0 Å². The first kappa shape index (κ1) is 12.0. The maximum atomic E-state index is 11.8. The van der Waals surface area contributed by atoms with Gasteiger partial charge in [-0.1, -0.05) is 24.3 Å². The maximum Gasteiger partial charge on any atom is 0.268 e. The van der Waals surface area contributed by atoms with Crippen LogP contribution in [0.4, 0.5) is 5.69 Å². The first-order chi connectivity index (χ1) is 9.24. The van der Waals surface area contributed by atoms with Gasteiger partial charge in [0, 0.05) is 12.0 Å². The van der Waals surface area contributed by atoms with E-state index in [1.807, 2.05) is 0 Å². The quantitative estimate of drug-likeness (QED) is 0.892. The van der Waals surface area contributed by atoms with Crippen LogP contribution in [-0.2, 0) is 13.0 Å². The standard InChI is InChI=1S/C15H17N3O/c16-13-8-15(19)18(17-9-13)10-12-6-3-5-11-4-1-2-7-14(11)12/h1-2,4,7-9,12H,3,5-6,10,16H2. The third-order valence-corrected chi connectivity index (χ3v) is 3.78. The highest BCUT2D eigenvalue weighted by Crippen LogP contribution is 2.32. The lowest BCUT2D eigenvalue weighted by Crippen LogP contribution is -2.26. The Labute approximate surface area is 111 Å². The van der Waals surface area contributed by atoms with Crippen LogP contribution in [0.15, 0.2) is 41.3 Å². The first-order valence-corrected chi connectivity index (χ1v) is 6.64. The Bertz CT molecular complexity index is 648. The van der Waals surface area contributed by atoms with E-state index >= 15 is 0 Å². The average molecular weight is 255 g/mol. The van der Waals surface area contributed by atoms with Gasteiger partial charge in [-0.15, -0.1) is 0 Å². The molecule has 0 saturated carbocycles. The van der Waals surface area contributed by atoms with Crippen molar-refractivity contribution in [3.05, 3.63) is 58.0 Å². The predicted octanol–water partition coefficient (Wildman–Crippen LogP) is 1.95. The summed E-state index contributed by atoms with van der Waals surface area (Å²) in [6.45, 7) is 0.635. The highest BCUT2D eigenvalue weighted by atomic mass is 16.1. The van der Waals surface area contributed by atoms with Gasteiger partial charge in [0.25, 0.3) is 5.56 Å². The molecule has 0 radical (unpaired) electrons. The van der Waals surface area contributed by atoms with Gasteiger partial charge in [-0.05, 0) is 30.4 Å². The fourth-order valence-corrected chi connectivity index (χ4v) is 2.84. The molecule has 1 aliphatic rings. The molecule has 1 atom stereocenters. The Kier molecular flexibility index (Phi) is 3.07. The minimum Gasteiger partial charge on any atom is -0.397 e. The molecule has 0 amide bonds. The molecule has 1 aliphatic carbocycles. The summed E-state index contributed by atoms with van der Waals surface area (Å²) in [6, 6.07) is 9.93. The van der Waals surface area contributed by atoms with Crippen LogP contribution in [-0.4, -0.2) is 9.78 Å². The van der Waals surface area contributed by atoms with Crippen LogP contribution in [0.25, 0.3) is 0 Å². The number of nitrogen functional groups attached to an aromatic ring is 1. The van der Waals surface area contributed by atoms with E-state index < -0.39 is 0 Å². The second-order valence-electron chi connectivity index (χ2n) is 5.10. The molecule has 4 nitrogen and oxygen atoms in total. The van der Waals surface area contributed by atoms with Crippen LogP contribution >= 0.6 is 0 Å². The Morgan fingerprint density at radius 2 is 2.21 bits per heavy atom. The fraction of sp³-hybridized carbons (Fsp3) is 0.333. The molecule has 2 N–H and O–H groups in total. The maximum absolute atomic E-state index is 11.8. The van der Waals surface area contributed by atoms with Crippen molar-refractivity contribution >= 4 is 5.69 Å². The molecule has 98 valence electrons. The molecule has 0 saturated heterocycles. The highest BCUT2D eigenvalue weighted by Gasteiger charge is 2.20. The van der Waals surface area contributed by atoms with Crippen molar-refractivity contribution in [2.75, 3.05) is 5.73 Å². The summed E-state index contributed by atoms with van der Waals surface area (Å²) in [5.74, 6) is 0.374. The zero-order valence-corrected chi connectivity index (χ0v) is 10.7. The number of anilines is 1. The van der Waals surface area contributed by atoms with Crippen LogP contribution in [0.2, 0.25) is 0 Å². The molecular formula is C15H17N3O. The van der Waals surface area contributed by atoms with Gasteiger partial charge in [-0.3, -0.25) is 4.79 Å². The van der Waals surface area contributed by atoms with Gasteiger partial charge in [-0.2, -0.15) is 5.10 Å². The number of hydrogen-bond acceptors (Lipinski definition) is 3. The van der Waals surface area contributed by atoms with Crippen LogP contribution in [0, 0.1) is 0 Å². The molecule has 0 aliphatic heterocycles. The van der Waals surface area contributed by atoms with Crippen molar-refractivity contribution in [1.82, 2.24) is 9.78 Å². The van der Waals surface area contributed by atoms with E-state index in [2.05, 4.69) is 29.4 Å². The second kappa shape index (κ2) is 4.88. The smallest absolute Gasteiger partial charge is 0.268 e. The zero-order valence-electron chi connectivity index (χ0n) is 10.7. The normalized spacial score (nSPS) is 18.0. The lowest BCUT2D eigenvalue weighted by Gasteiger charge is -2.25. The van der Waals surface area contributed by atoms with Gasteiger partial charge >= 0.3 is 0 Å². The van der Waals surface area contributed by atoms with Crippen LogP contribution in [0.1, 0.15) is 29.9 Å². The van der Waals surface area contributed by atoms with Crippen molar-refractivity contribution in [2.45, 2.75) is 31.7 Å². The lowest BCUT2D eigenvalue weighted by molar-refractivity contribution is 0.444. The number of aryl methyl sites for hydroxylation is 1. The minimum atomic E-state index is -0.122. The summed E-state index contributed by atoms with van der Waals surface area (Å²) in [5, 5.41) is 4.12. The zero-order chi connectivity index (χ0) is 13.2. The number of hydrogen-bond donors (Lipinski definition) is 1. The summed E-state index contributed by atoms with van der Waals surface area (Å²) in [5.41, 5.74) is 8.63. The molecular weight excluding hydrogens is 238 g/mol. The summed E-state index contributed by atoms with van der Waals surface area (Å²) in [6.07, 6.45) is 4.95. The molecule has 19 heavy (non-hydrogen) atoms. The average Bonchev–Trinajstić information content (AvgIpc) is 2.42. The van der Waals surface area contributed by atoms with Gasteiger partial charge < -0.3 is 5.73 Å². The molecule has 0 fully saturated rings. The Hall–Kier alpha value is -2.10. The summed E-state index contributed by atoms with van der Waals surface area (Å²) >= 11 is 0. The SMILES string of the molecule is Nc1cnn(CC2CCCc3ccccc32)c(=O)c1. The number of rotatable bonds is 2. The van der Waals surface area contributed by atoms with Crippen molar-refractivity contribution in [3.8, 4) is 0 Å². The fourth-order valence-electron chi connectivity index (χ4n) is 2.84. The Morgan fingerprint density at radius 1 is 1.37 bits per heavy atom. The molecule has 0 spiro atoms. The number of aromatic nitrogens is 2. The van der Waals surface area contributed by atoms with E-state index in [-0.39, 0.29) is 5.56 Å². The molecule has 1 aromatic heterocycles. The van der Waals surface area contributed by atoms with Crippen molar-refractivity contribution in [2.24, 2.45) is 0 Å².